The number of carbonyl (C=O) groups is 1. The third kappa shape index (κ3) is 1.95. The summed E-state index contributed by atoms with van der Waals surface area (Å²) in [5, 5.41) is 0.851. The van der Waals surface area contributed by atoms with Gasteiger partial charge in [-0.3, -0.25) is 4.79 Å². The molecule has 2 aromatic carbocycles. The van der Waals surface area contributed by atoms with Gasteiger partial charge in [0, 0.05) is 17.4 Å². The summed E-state index contributed by atoms with van der Waals surface area (Å²) in [5.74, 6) is 0.665. The van der Waals surface area contributed by atoms with E-state index in [4.69, 9.17) is 5.79 Å². The molecule has 2 nitrogen and oxygen atoms in total. The molecule has 1 aromatic heterocycles. The molecule has 0 unspecified atom stereocenters. The van der Waals surface area contributed by atoms with Gasteiger partial charge in [-0.25, -0.2) is 0 Å². The van der Waals surface area contributed by atoms with Crippen LogP contribution in [0, 0.1) is 0 Å². The highest BCUT2D eigenvalue weighted by atomic mass is 16.3. The van der Waals surface area contributed by atoms with Crippen LogP contribution < -0.4 is 0 Å². The molecule has 3 rings (SSSR count). The van der Waals surface area contributed by atoms with Crippen LogP contribution in [-0.4, -0.2) is 5.78 Å². The van der Waals surface area contributed by atoms with Crippen molar-refractivity contribution >= 4 is 16.8 Å². The lowest BCUT2D eigenvalue weighted by Gasteiger charge is -2.01. The van der Waals surface area contributed by atoms with Crippen molar-refractivity contribution in [2.45, 2.75) is 13.3 Å². The molecule has 0 saturated heterocycles. The van der Waals surface area contributed by atoms with E-state index in [0.29, 0.717) is 29.4 Å². The van der Waals surface area contributed by atoms with Crippen LogP contribution in [0.4, 0.5) is 0 Å². The van der Waals surface area contributed by atoms with Crippen LogP contribution >= 0.6 is 0 Å². The minimum absolute atomic E-state index is 0.0493. The van der Waals surface area contributed by atoms with E-state index >= 15 is 0 Å². The van der Waals surface area contributed by atoms with Gasteiger partial charge < -0.3 is 4.42 Å². The fraction of sp³-hybridized carbons (Fsp3) is 0.118. The molecule has 0 atom stereocenters. The molecule has 0 radical (unpaired) electrons. The SMILES string of the molecule is [2H]c1ccc(C(=O)c2c(CC)oc3ccccc23)cc1. The van der Waals surface area contributed by atoms with Gasteiger partial charge in [-0.1, -0.05) is 55.4 Å². The van der Waals surface area contributed by atoms with E-state index in [-0.39, 0.29) is 5.78 Å². The minimum Gasteiger partial charge on any atom is -0.460 e. The van der Waals surface area contributed by atoms with Gasteiger partial charge in [0.2, 0.25) is 0 Å². The number of ketones is 1. The number of rotatable bonds is 3. The number of furan rings is 1. The summed E-state index contributed by atoms with van der Waals surface area (Å²) in [6.07, 6.45) is 0.673. The molecule has 0 amide bonds. The second kappa shape index (κ2) is 4.73. The van der Waals surface area contributed by atoms with Gasteiger partial charge in [-0.2, -0.15) is 0 Å². The van der Waals surface area contributed by atoms with E-state index in [0.717, 1.165) is 11.0 Å². The highest BCUT2D eigenvalue weighted by Gasteiger charge is 2.20. The van der Waals surface area contributed by atoms with Crippen molar-refractivity contribution in [3.05, 3.63) is 71.5 Å². The van der Waals surface area contributed by atoms with E-state index in [1.165, 1.54) is 0 Å². The van der Waals surface area contributed by atoms with Gasteiger partial charge in [0.15, 0.2) is 5.78 Å². The molecule has 94 valence electrons. The molecule has 0 aliphatic heterocycles. The lowest BCUT2D eigenvalue weighted by Crippen LogP contribution is -2.02. The van der Waals surface area contributed by atoms with Gasteiger partial charge in [0.25, 0.3) is 0 Å². The number of benzene rings is 2. The Labute approximate surface area is 113 Å². The lowest BCUT2D eigenvalue weighted by molar-refractivity contribution is 0.103. The van der Waals surface area contributed by atoms with E-state index in [9.17, 15) is 4.79 Å². The molecule has 0 N–H and O–H groups in total. The van der Waals surface area contributed by atoms with Gasteiger partial charge in [0.05, 0.1) is 6.93 Å². The van der Waals surface area contributed by atoms with Gasteiger partial charge in [-0.05, 0) is 6.07 Å². The first kappa shape index (κ1) is 10.6. The summed E-state index contributed by atoms with van der Waals surface area (Å²) in [6, 6.07) is 14.6. The zero-order valence-electron chi connectivity index (χ0n) is 11.6. The van der Waals surface area contributed by atoms with E-state index in [1.807, 2.05) is 31.2 Å². The van der Waals surface area contributed by atoms with Crippen molar-refractivity contribution in [3.63, 3.8) is 0 Å². The number of aryl methyl sites for hydroxylation is 1. The molecule has 0 aliphatic rings. The first-order chi connectivity index (χ1) is 9.70. The zero-order valence-corrected chi connectivity index (χ0v) is 10.6. The number of para-hydroxylation sites is 1. The maximum absolute atomic E-state index is 12.7. The second-order valence-electron chi connectivity index (χ2n) is 4.37. The highest BCUT2D eigenvalue weighted by Crippen LogP contribution is 2.28. The number of hydrogen-bond donors (Lipinski definition) is 0. The molecule has 0 spiro atoms. The molecule has 3 aromatic rings. The molecule has 0 fully saturated rings. The average Bonchev–Trinajstić information content (AvgIpc) is 2.85. The summed E-state index contributed by atoms with van der Waals surface area (Å²) < 4.78 is 13.2. The Bertz CT molecular complexity index is 769. The molecule has 0 aliphatic carbocycles. The quantitative estimate of drug-likeness (QED) is 0.652. The van der Waals surface area contributed by atoms with Crippen LogP contribution in [0.1, 0.15) is 30.0 Å². The smallest absolute Gasteiger partial charge is 0.197 e. The predicted molar refractivity (Wildman–Crippen MR) is 75.5 cm³/mol. The monoisotopic (exact) mass is 251 g/mol. The summed E-state index contributed by atoms with van der Waals surface area (Å²) in [6.45, 7) is 1.97. The Morgan fingerprint density at radius 2 is 1.89 bits per heavy atom. The summed E-state index contributed by atoms with van der Waals surface area (Å²) in [5.41, 5.74) is 1.97. The first-order valence-electron chi connectivity index (χ1n) is 6.82. The molecule has 0 bridgehead atoms. The molecular weight excluding hydrogens is 236 g/mol. The number of hydrogen-bond acceptors (Lipinski definition) is 2. The number of carbonyl (C=O) groups excluding carboxylic acids is 1. The van der Waals surface area contributed by atoms with Crippen molar-refractivity contribution in [3.8, 4) is 0 Å². The lowest BCUT2D eigenvalue weighted by atomic mass is 9.99. The minimum atomic E-state index is -0.0493. The summed E-state index contributed by atoms with van der Waals surface area (Å²) in [4.78, 5) is 12.7. The Morgan fingerprint density at radius 3 is 2.63 bits per heavy atom. The van der Waals surface area contributed by atoms with Crippen LogP contribution in [0.3, 0.4) is 0 Å². The standard InChI is InChI=1S/C17H14O2/c1-2-14-16(13-10-6-7-11-15(13)19-14)17(18)12-8-4-3-5-9-12/h3-11H,2H2,1H3/i3D. The highest BCUT2D eigenvalue weighted by molar-refractivity contribution is 6.16. The third-order valence-electron chi connectivity index (χ3n) is 3.20. The normalized spacial score (nSPS) is 11.5. The maximum Gasteiger partial charge on any atom is 0.197 e. The largest absolute Gasteiger partial charge is 0.460 e. The topological polar surface area (TPSA) is 30.2 Å². The Kier molecular flexibility index (Phi) is 2.63. The third-order valence-corrected chi connectivity index (χ3v) is 3.20. The fourth-order valence-electron chi connectivity index (χ4n) is 2.28. The molecule has 2 heteroatoms. The van der Waals surface area contributed by atoms with E-state index in [2.05, 4.69) is 0 Å². The van der Waals surface area contributed by atoms with Crippen LogP contribution in [0.25, 0.3) is 11.0 Å². The van der Waals surface area contributed by atoms with Crippen molar-refractivity contribution in [1.82, 2.24) is 0 Å². The predicted octanol–water partition coefficient (Wildman–Crippen LogP) is 4.23. The second-order valence-corrected chi connectivity index (χ2v) is 4.37. The maximum atomic E-state index is 12.7. The van der Waals surface area contributed by atoms with E-state index in [1.54, 1.807) is 24.3 Å². The van der Waals surface area contributed by atoms with Crippen molar-refractivity contribution in [1.29, 1.82) is 0 Å². The van der Waals surface area contributed by atoms with Crippen LogP contribution in [0.5, 0.6) is 0 Å². The molecule has 19 heavy (non-hydrogen) atoms. The average molecular weight is 251 g/mol. The van der Waals surface area contributed by atoms with E-state index < -0.39 is 0 Å². The van der Waals surface area contributed by atoms with Crippen molar-refractivity contribution < 1.29 is 10.6 Å². The Morgan fingerprint density at radius 1 is 1.16 bits per heavy atom. The van der Waals surface area contributed by atoms with Crippen LogP contribution in [0.2, 0.25) is 0 Å². The zero-order chi connectivity index (χ0) is 14.1. The van der Waals surface area contributed by atoms with Gasteiger partial charge in [-0.15, -0.1) is 0 Å². The van der Waals surface area contributed by atoms with Gasteiger partial charge >= 0.3 is 0 Å². The molecular formula is C17H14O2. The first-order valence-corrected chi connectivity index (χ1v) is 6.32. The summed E-state index contributed by atoms with van der Waals surface area (Å²) in [7, 11) is 0. The van der Waals surface area contributed by atoms with Crippen molar-refractivity contribution in [2.75, 3.05) is 0 Å². The van der Waals surface area contributed by atoms with Crippen molar-refractivity contribution in [2.24, 2.45) is 0 Å². The molecule has 0 saturated carbocycles. The Hall–Kier alpha value is -2.35. The van der Waals surface area contributed by atoms with Crippen LogP contribution in [-0.2, 0) is 6.42 Å². The van der Waals surface area contributed by atoms with Gasteiger partial charge in [0.1, 0.15) is 11.3 Å². The summed E-state index contributed by atoms with van der Waals surface area (Å²) >= 11 is 0. The number of fused-ring (bicyclic) bond motifs is 1. The fourth-order valence-corrected chi connectivity index (χ4v) is 2.28. The Balaban J connectivity index is 2.17. The molecule has 1 heterocycles. The van der Waals surface area contributed by atoms with Crippen LogP contribution in [0.15, 0.2) is 59.0 Å².